The highest BCUT2D eigenvalue weighted by atomic mass is 16.5. The first-order chi connectivity index (χ1) is 12.6. The summed E-state index contributed by atoms with van der Waals surface area (Å²) in [6, 6.07) is 3.66. The van der Waals surface area contributed by atoms with Crippen molar-refractivity contribution < 1.29 is 23.7 Å². The van der Waals surface area contributed by atoms with Gasteiger partial charge in [0, 0.05) is 64.6 Å². The van der Waals surface area contributed by atoms with Crippen LogP contribution in [-0.2, 0) is 9.47 Å². The van der Waals surface area contributed by atoms with Crippen LogP contribution in [0.2, 0.25) is 0 Å². The summed E-state index contributed by atoms with van der Waals surface area (Å²) < 4.78 is 27.3. The van der Waals surface area contributed by atoms with Gasteiger partial charge in [-0.25, -0.2) is 0 Å². The molecule has 2 N–H and O–H groups in total. The minimum atomic E-state index is -0.245. The number of rotatable bonds is 7. The molecule has 1 fully saturated rings. The van der Waals surface area contributed by atoms with Crippen molar-refractivity contribution in [3.05, 3.63) is 12.1 Å². The molecule has 1 heterocycles. The van der Waals surface area contributed by atoms with Gasteiger partial charge < -0.3 is 34.3 Å². The average Bonchev–Trinajstić information content (AvgIpc) is 2.70. The molecule has 1 saturated heterocycles. The lowest BCUT2D eigenvalue weighted by atomic mass is 9.94. The predicted octanol–water partition coefficient (Wildman–Crippen LogP) is 1.90. The second kappa shape index (κ2) is 9.49. The molecule has 1 aromatic carbocycles. The highest BCUT2D eigenvalue weighted by Gasteiger charge is 2.32. The largest absolute Gasteiger partial charge is 0.493 e. The molecule has 1 aromatic rings. The first-order valence-corrected chi connectivity index (χ1v) is 8.52. The second-order valence-electron chi connectivity index (χ2n) is 5.96. The normalized spacial score (nSPS) is 16.7. The van der Waals surface area contributed by atoms with E-state index in [0.29, 0.717) is 43.0 Å². The summed E-state index contributed by atoms with van der Waals surface area (Å²) in [7, 11) is 8.20. The van der Waals surface area contributed by atoms with Gasteiger partial charge in [0.25, 0.3) is 0 Å². The Morgan fingerprint density at radius 3 is 2.15 bits per heavy atom. The Balaban J connectivity index is 2.10. The summed E-state index contributed by atoms with van der Waals surface area (Å²) >= 11 is 0. The molecule has 0 atom stereocenters. The van der Waals surface area contributed by atoms with Gasteiger partial charge in [-0.15, -0.1) is 0 Å². The Morgan fingerprint density at radius 2 is 1.69 bits per heavy atom. The number of hydrogen-bond acceptors (Lipinski definition) is 6. The van der Waals surface area contributed by atoms with E-state index in [1.165, 1.54) is 0 Å². The number of ether oxygens (including phenoxy) is 5. The van der Waals surface area contributed by atoms with Gasteiger partial charge in [0.2, 0.25) is 5.75 Å². The van der Waals surface area contributed by atoms with Gasteiger partial charge in [-0.2, -0.15) is 0 Å². The molecule has 0 spiro atoms. The molecule has 0 radical (unpaired) electrons. The third-order valence-electron chi connectivity index (χ3n) is 4.57. The molecule has 8 nitrogen and oxygen atoms in total. The molecule has 1 aliphatic rings. The molecule has 0 aliphatic carbocycles. The summed E-state index contributed by atoms with van der Waals surface area (Å²) in [5.74, 6) is 2.32. The van der Waals surface area contributed by atoms with E-state index in [2.05, 4.69) is 15.6 Å². The fraction of sp³-hybridized carbons (Fsp3) is 0.611. The SMILES string of the molecule is CN=C(NCC1(OC)CCOCC1)Nc1cc(OC)c(OC)c(OC)c1. The van der Waals surface area contributed by atoms with Crippen molar-refractivity contribution in [2.24, 2.45) is 4.99 Å². The monoisotopic (exact) mass is 367 g/mol. The van der Waals surface area contributed by atoms with Gasteiger partial charge in [-0.1, -0.05) is 0 Å². The Bertz CT molecular complexity index is 590. The highest BCUT2D eigenvalue weighted by molar-refractivity contribution is 5.94. The summed E-state index contributed by atoms with van der Waals surface area (Å²) in [4.78, 5) is 4.28. The molecule has 0 unspecified atom stereocenters. The molecular weight excluding hydrogens is 338 g/mol. The zero-order valence-corrected chi connectivity index (χ0v) is 16.2. The minimum absolute atomic E-state index is 0.245. The van der Waals surface area contributed by atoms with Crippen molar-refractivity contribution in [3.63, 3.8) is 0 Å². The number of nitrogens with zero attached hydrogens (tertiary/aromatic N) is 1. The van der Waals surface area contributed by atoms with E-state index in [9.17, 15) is 0 Å². The standard InChI is InChI=1S/C18H29N3O5/c1-19-17(20-12-18(25-5)6-8-26-9-7-18)21-13-10-14(22-2)16(24-4)15(11-13)23-3/h10-11H,6-9,12H2,1-5H3,(H2,19,20,21). The molecule has 0 aromatic heterocycles. The second-order valence-corrected chi connectivity index (χ2v) is 5.96. The Morgan fingerprint density at radius 1 is 1.08 bits per heavy atom. The topological polar surface area (TPSA) is 82.6 Å². The van der Waals surface area contributed by atoms with Gasteiger partial charge in [-0.05, 0) is 0 Å². The Labute approximate surface area is 154 Å². The molecule has 26 heavy (non-hydrogen) atoms. The van der Waals surface area contributed by atoms with Crippen molar-refractivity contribution in [1.82, 2.24) is 5.32 Å². The lowest BCUT2D eigenvalue weighted by Crippen LogP contribution is -2.49. The van der Waals surface area contributed by atoms with Gasteiger partial charge in [0.15, 0.2) is 17.5 Å². The smallest absolute Gasteiger partial charge is 0.203 e. The summed E-state index contributed by atoms with van der Waals surface area (Å²) in [5, 5.41) is 6.58. The zero-order chi connectivity index (χ0) is 19.0. The molecule has 0 amide bonds. The molecule has 2 rings (SSSR count). The molecule has 0 saturated carbocycles. The van der Waals surface area contributed by atoms with Crippen LogP contribution in [0, 0.1) is 0 Å². The van der Waals surface area contributed by atoms with Crippen molar-refractivity contribution in [2.45, 2.75) is 18.4 Å². The Kier molecular flexibility index (Phi) is 7.35. The van der Waals surface area contributed by atoms with Gasteiger partial charge in [-0.3, -0.25) is 4.99 Å². The van der Waals surface area contributed by atoms with E-state index in [1.807, 2.05) is 12.1 Å². The number of nitrogens with one attached hydrogen (secondary N) is 2. The van der Waals surface area contributed by atoms with Crippen LogP contribution < -0.4 is 24.8 Å². The van der Waals surface area contributed by atoms with Crippen molar-refractivity contribution >= 4 is 11.6 Å². The van der Waals surface area contributed by atoms with Crippen molar-refractivity contribution in [2.75, 3.05) is 60.6 Å². The fourth-order valence-electron chi connectivity index (χ4n) is 2.91. The van der Waals surface area contributed by atoms with Crippen LogP contribution >= 0.6 is 0 Å². The third kappa shape index (κ3) is 4.70. The van der Waals surface area contributed by atoms with Gasteiger partial charge in [0.1, 0.15) is 0 Å². The van der Waals surface area contributed by atoms with Gasteiger partial charge in [0.05, 0.1) is 26.9 Å². The van der Waals surface area contributed by atoms with Crippen LogP contribution in [0.15, 0.2) is 17.1 Å². The number of aliphatic imine (C=N–C) groups is 1. The summed E-state index contributed by atoms with van der Waals surface area (Å²) in [6.07, 6.45) is 1.69. The third-order valence-corrected chi connectivity index (χ3v) is 4.57. The van der Waals surface area contributed by atoms with Crippen LogP contribution in [0.5, 0.6) is 17.2 Å². The number of guanidine groups is 1. The number of methoxy groups -OCH3 is 4. The minimum Gasteiger partial charge on any atom is -0.493 e. The molecule has 0 bridgehead atoms. The lowest BCUT2D eigenvalue weighted by Gasteiger charge is -2.36. The van der Waals surface area contributed by atoms with E-state index in [4.69, 9.17) is 23.7 Å². The van der Waals surface area contributed by atoms with Gasteiger partial charge >= 0.3 is 0 Å². The highest BCUT2D eigenvalue weighted by Crippen LogP contribution is 2.39. The van der Waals surface area contributed by atoms with Crippen LogP contribution in [0.4, 0.5) is 5.69 Å². The maximum absolute atomic E-state index is 5.75. The summed E-state index contributed by atoms with van der Waals surface area (Å²) in [6.45, 7) is 2.04. The zero-order valence-electron chi connectivity index (χ0n) is 16.2. The molecule has 8 heteroatoms. The van der Waals surface area contributed by atoms with E-state index in [0.717, 1.165) is 18.5 Å². The van der Waals surface area contributed by atoms with Crippen molar-refractivity contribution in [1.29, 1.82) is 0 Å². The maximum atomic E-state index is 5.75. The van der Waals surface area contributed by atoms with E-state index in [1.54, 1.807) is 35.5 Å². The molecular formula is C18H29N3O5. The quantitative estimate of drug-likeness (QED) is 0.562. The number of hydrogen-bond donors (Lipinski definition) is 2. The van der Waals surface area contributed by atoms with Crippen LogP contribution in [0.1, 0.15) is 12.8 Å². The van der Waals surface area contributed by atoms with Crippen LogP contribution in [0.3, 0.4) is 0 Å². The number of benzene rings is 1. The fourth-order valence-corrected chi connectivity index (χ4v) is 2.91. The van der Waals surface area contributed by atoms with E-state index in [-0.39, 0.29) is 5.60 Å². The average molecular weight is 367 g/mol. The predicted molar refractivity (Wildman–Crippen MR) is 101 cm³/mol. The summed E-state index contributed by atoms with van der Waals surface area (Å²) in [5.41, 5.74) is 0.525. The maximum Gasteiger partial charge on any atom is 0.203 e. The van der Waals surface area contributed by atoms with E-state index < -0.39 is 0 Å². The number of anilines is 1. The first kappa shape index (κ1) is 20.1. The van der Waals surface area contributed by atoms with Crippen LogP contribution in [0.25, 0.3) is 0 Å². The molecule has 1 aliphatic heterocycles. The Hall–Kier alpha value is -2.19. The van der Waals surface area contributed by atoms with Crippen molar-refractivity contribution in [3.8, 4) is 17.2 Å². The van der Waals surface area contributed by atoms with Crippen LogP contribution in [-0.4, -0.2) is 66.8 Å². The van der Waals surface area contributed by atoms with E-state index >= 15 is 0 Å². The lowest BCUT2D eigenvalue weighted by molar-refractivity contribution is -0.0854. The first-order valence-electron chi connectivity index (χ1n) is 8.52. The molecule has 146 valence electrons.